The van der Waals surface area contributed by atoms with Gasteiger partial charge in [0, 0.05) is 9.52 Å². The van der Waals surface area contributed by atoms with Crippen molar-refractivity contribution in [3.63, 3.8) is 0 Å². The monoisotopic (exact) mass is 599 g/mol. The van der Waals surface area contributed by atoms with Gasteiger partial charge < -0.3 is 35.3 Å². The first-order chi connectivity index (χ1) is 11.8. The number of carbonyl (C=O) groups excluding carboxylic acids is 1. The summed E-state index contributed by atoms with van der Waals surface area (Å²) in [4.78, 5) is 10.8. The molecular formula is C22H27Cl2HfNOSi. The van der Waals surface area contributed by atoms with Gasteiger partial charge in [-0.3, -0.25) is 0 Å². The Kier molecular flexibility index (Phi) is 18.3. The molecular weight excluding hydrogens is 572 g/mol. The fourth-order valence-electron chi connectivity index (χ4n) is 2.20. The number of benzene rings is 2. The molecule has 0 unspecified atom stereocenters. The summed E-state index contributed by atoms with van der Waals surface area (Å²) < 4.78 is 0. The quantitative estimate of drug-likeness (QED) is 0.298. The van der Waals surface area contributed by atoms with E-state index in [0.717, 1.165) is 15.1 Å². The third kappa shape index (κ3) is 11.3. The van der Waals surface area contributed by atoms with Crippen molar-refractivity contribution in [2.75, 3.05) is 0 Å². The van der Waals surface area contributed by atoms with E-state index in [1.807, 2.05) is 12.1 Å². The summed E-state index contributed by atoms with van der Waals surface area (Å²) in [7, 11) is 1.08. The average molecular weight is 599 g/mol. The van der Waals surface area contributed by atoms with Crippen LogP contribution in [0.1, 0.15) is 36.7 Å². The van der Waals surface area contributed by atoms with Crippen LogP contribution in [0.25, 0.3) is 16.5 Å². The van der Waals surface area contributed by atoms with Gasteiger partial charge in [0.1, 0.15) is 0 Å². The maximum absolute atomic E-state index is 10.8. The molecule has 0 heterocycles. The van der Waals surface area contributed by atoms with Crippen molar-refractivity contribution in [3.8, 4) is 0 Å². The Morgan fingerprint density at radius 3 is 2.04 bits per heavy atom. The molecule has 148 valence electrons. The van der Waals surface area contributed by atoms with Gasteiger partial charge in [0.2, 0.25) is 0 Å². The maximum Gasteiger partial charge on any atom is 4.00 e. The average Bonchev–Trinajstić information content (AvgIpc) is 3.04. The molecule has 6 heteroatoms. The molecule has 0 saturated heterocycles. The Balaban J connectivity index is -0.000000368. The molecule has 0 aliphatic carbocycles. The molecule has 1 N–H and O–H groups in total. The smallest absolute Gasteiger partial charge is 1.00 e. The molecule has 0 aliphatic rings. The number of halogens is 2. The van der Waals surface area contributed by atoms with Crippen molar-refractivity contribution in [2.24, 2.45) is 0 Å². The predicted octanol–water partition coefficient (Wildman–Crippen LogP) is 0.528. The molecule has 0 spiro atoms. The molecule has 2 nitrogen and oxygen atoms in total. The van der Waals surface area contributed by atoms with Gasteiger partial charge in [-0.25, -0.2) is 0 Å². The van der Waals surface area contributed by atoms with Crippen molar-refractivity contribution >= 4 is 26.2 Å². The summed E-state index contributed by atoms with van der Waals surface area (Å²) >= 11 is 0. The third-order valence-corrected chi connectivity index (χ3v) is 3.54. The number of nitrogens with one attached hydrogen (secondary N) is 1. The minimum Gasteiger partial charge on any atom is -1.00 e. The standard InChI is InChI=1S/C11H15NO.C9H7.C2H6Si.2ClH.Hf/c1-11(2,3)9-6-4-5-8(7-9)10(12)13;1-2-5-9-7-3-6-8(9)4-1;1-3-2;;;/h4-7H,1-3H3,(H2,12,13);1-7H;1-2H3;2*1H;/q;-1;;;;+4/p-3. The molecule has 28 heavy (non-hydrogen) atoms. The van der Waals surface area contributed by atoms with Crippen molar-refractivity contribution in [3.05, 3.63) is 83.6 Å². The Morgan fingerprint density at radius 2 is 1.54 bits per heavy atom. The molecule has 3 aromatic rings. The van der Waals surface area contributed by atoms with Crippen LogP contribution < -0.4 is 24.8 Å². The molecule has 0 saturated carbocycles. The van der Waals surface area contributed by atoms with E-state index in [1.54, 1.807) is 12.1 Å². The van der Waals surface area contributed by atoms with E-state index in [2.05, 4.69) is 76.3 Å². The van der Waals surface area contributed by atoms with Gasteiger partial charge in [-0.05, 0) is 22.6 Å². The number of hydrogen-bond donors (Lipinski definition) is 0. The van der Waals surface area contributed by atoms with E-state index in [-0.39, 0.29) is 56.1 Å². The van der Waals surface area contributed by atoms with Crippen LogP contribution in [-0.2, 0) is 31.3 Å². The number of fused-ring (bicyclic) bond motifs is 1. The van der Waals surface area contributed by atoms with Gasteiger partial charge in [0.05, 0.1) is 5.91 Å². The normalized spacial score (nSPS) is 9.18. The first-order valence-corrected chi connectivity index (χ1v) is 10.3. The van der Waals surface area contributed by atoms with E-state index in [0.29, 0.717) is 5.56 Å². The first kappa shape index (κ1) is 31.9. The van der Waals surface area contributed by atoms with E-state index >= 15 is 0 Å². The van der Waals surface area contributed by atoms with Crippen LogP contribution in [0, 0.1) is 0 Å². The van der Waals surface area contributed by atoms with Crippen LogP contribution in [0.15, 0.2) is 66.7 Å². The number of amides is 1. The van der Waals surface area contributed by atoms with E-state index in [9.17, 15) is 4.79 Å². The van der Waals surface area contributed by atoms with Crippen molar-refractivity contribution in [2.45, 2.75) is 39.3 Å². The molecule has 0 bridgehead atoms. The second-order valence-corrected chi connectivity index (χ2v) is 7.81. The van der Waals surface area contributed by atoms with E-state index < -0.39 is 5.91 Å². The van der Waals surface area contributed by atoms with E-state index in [1.165, 1.54) is 10.8 Å². The molecule has 3 aromatic carbocycles. The zero-order chi connectivity index (χ0) is 18.9. The molecule has 0 aliphatic heterocycles. The number of hydrogen-bond acceptors (Lipinski definition) is 1. The van der Waals surface area contributed by atoms with Crippen LogP contribution in [0.5, 0.6) is 0 Å². The van der Waals surface area contributed by atoms with Gasteiger partial charge in [0.25, 0.3) is 0 Å². The zero-order valence-electron chi connectivity index (χ0n) is 17.0. The summed E-state index contributed by atoms with van der Waals surface area (Å²) in [6, 6.07) is 21.9. The molecule has 1 amide bonds. The molecule has 3 rings (SSSR count). The van der Waals surface area contributed by atoms with Crippen molar-refractivity contribution in [1.82, 2.24) is 0 Å². The fourth-order valence-corrected chi connectivity index (χ4v) is 2.20. The Labute approximate surface area is 203 Å². The molecule has 0 aromatic heterocycles. The maximum atomic E-state index is 10.8. The summed E-state index contributed by atoms with van der Waals surface area (Å²) in [5, 5.41) is 2.66. The summed E-state index contributed by atoms with van der Waals surface area (Å²) in [6.07, 6.45) is 0. The largest absolute Gasteiger partial charge is 4.00 e. The van der Waals surface area contributed by atoms with Crippen LogP contribution in [-0.4, -0.2) is 15.4 Å². The second kappa shape index (κ2) is 16.0. The van der Waals surface area contributed by atoms with Gasteiger partial charge in [-0.1, -0.05) is 58.1 Å². The first-order valence-electron chi connectivity index (χ1n) is 8.35. The summed E-state index contributed by atoms with van der Waals surface area (Å²) in [5.74, 6) is -0.619. The van der Waals surface area contributed by atoms with Crippen molar-refractivity contribution in [1.29, 1.82) is 0 Å². The summed E-state index contributed by atoms with van der Waals surface area (Å²) in [5.41, 5.74) is 8.57. The molecule has 0 atom stereocenters. The Hall–Kier alpha value is -0.813. The molecule has 2 radical (unpaired) electrons. The molecule has 0 fully saturated rings. The zero-order valence-corrected chi connectivity index (χ0v) is 23.1. The van der Waals surface area contributed by atoms with Crippen LogP contribution >= 0.6 is 0 Å². The van der Waals surface area contributed by atoms with Gasteiger partial charge in [-0.15, -0.1) is 29.7 Å². The minimum atomic E-state index is -0.619. The van der Waals surface area contributed by atoms with Crippen LogP contribution in [0.3, 0.4) is 0 Å². The van der Waals surface area contributed by atoms with Gasteiger partial charge >= 0.3 is 25.8 Å². The predicted molar refractivity (Wildman–Crippen MR) is 111 cm³/mol. The van der Waals surface area contributed by atoms with Crippen molar-refractivity contribution < 1.29 is 55.5 Å². The second-order valence-electron chi connectivity index (χ2n) is 6.81. The van der Waals surface area contributed by atoms with Gasteiger partial charge in [0.15, 0.2) is 0 Å². The van der Waals surface area contributed by atoms with E-state index in [4.69, 9.17) is 5.73 Å². The van der Waals surface area contributed by atoms with Crippen LogP contribution in [0.4, 0.5) is 0 Å². The third-order valence-electron chi connectivity index (χ3n) is 3.54. The number of rotatable bonds is 1. The summed E-state index contributed by atoms with van der Waals surface area (Å²) in [6.45, 7) is 10.6. The Bertz CT molecular complexity index is 770. The van der Waals surface area contributed by atoms with Crippen LogP contribution in [0.2, 0.25) is 13.1 Å². The fraction of sp³-hybridized carbons (Fsp3) is 0.273. The van der Waals surface area contributed by atoms with Gasteiger partial charge in [-0.2, -0.15) is 17.5 Å². The Morgan fingerprint density at radius 1 is 0.964 bits per heavy atom. The topological polar surface area (TPSA) is 40.9 Å². The minimum absolute atomic E-state index is 0. The number of carbonyl (C=O) groups is 1. The SMILES string of the molecule is CC(C)(C)c1cccc(C([NH-])=O)c1.C[Si]C.[Cl-].[Cl-].[Hf+4].c1ccc2[cH-]ccc2c1.